The van der Waals surface area contributed by atoms with Crippen LogP contribution in [-0.4, -0.2) is 35.8 Å². The molecule has 0 aromatic carbocycles. The minimum absolute atomic E-state index is 0.395. The van der Waals surface area contributed by atoms with Crippen LogP contribution >= 0.6 is 11.3 Å². The number of fused-ring (bicyclic) bond motifs is 1. The molecule has 1 fully saturated rings. The van der Waals surface area contributed by atoms with Crippen LogP contribution in [-0.2, 0) is 0 Å². The molecule has 0 saturated carbocycles. The molecule has 2 aromatic heterocycles. The van der Waals surface area contributed by atoms with Crippen molar-refractivity contribution in [2.24, 2.45) is 10.9 Å². The molecule has 0 aliphatic carbocycles. The minimum Gasteiger partial charge on any atom is -0.365 e. The van der Waals surface area contributed by atoms with Crippen molar-refractivity contribution in [2.45, 2.75) is 25.7 Å². The molecule has 0 bridgehead atoms. The number of allylic oxidation sites excluding steroid dienone is 1. The molecule has 1 saturated heterocycles. The molecule has 138 valence electrons. The summed E-state index contributed by atoms with van der Waals surface area (Å²) >= 11 is 1.73. The highest BCUT2D eigenvalue weighted by atomic mass is 32.1. The van der Waals surface area contributed by atoms with Crippen LogP contribution in [0, 0.1) is 5.92 Å². The van der Waals surface area contributed by atoms with Gasteiger partial charge in [-0.25, -0.2) is 9.97 Å². The molecule has 0 amide bonds. The third-order valence-electron chi connectivity index (χ3n) is 5.43. The summed E-state index contributed by atoms with van der Waals surface area (Å²) in [6.07, 6.45) is 15.2. The second-order valence-electron chi connectivity index (χ2n) is 7.28. The van der Waals surface area contributed by atoms with Crippen LogP contribution < -0.4 is 10.2 Å². The third kappa shape index (κ3) is 3.41. The lowest BCUT2D eigenvalue weighted by atomic mass is 9.93. The zero-order chi connectivity index (χ0) is 18.1. The second-order valence-corrected chi connectivity index (χ2v) is 8.31. The number of pyridine rings is 1. The SMILES string of the molecule is C1=CN=CC(C2=Cc3sc(-c4ccc(N5CCCCC5)nc4)nc3NC2)C1. The molecule has 3 aliphatic heterocycles. The molecule has 1 N–H and O–H groups in total. The molecular weight excluding hydrogens is 354 g/mol. The quantitative estimate of drug-likeness (QED) is 0.849. The second kappa shape index (κ2) is 7.27. The van der Waals surface area contributed by atoms with Gasteiger partial charge in [-0.1, -0.05) is 6.08 Å². The molecule has 0 spiro atoms. The number of nitrogens with zero attached hydrogens (tertiary/aromatic N) is 4. The largest absolute Gasteiger partial charge is 0.365 e. The fraction of sp³-hybridized carbons (Fsp3) is 0.381. The van der Waals surface area contributed by atoms with Crippen molar-refractivity contribution in [2.75, 3.05) is 29.9 Å². The van der Waals surface area contributed by atoms with Gasteiger partial charge in [-0.15, -0.1) is 11.3 Å². The predicted octanol–water partition coefficient (Wildman–Crippen LogP) is 4.61. The number of aromatic nitrogens is 2. The Morgan fingerprint density at radius 3 is 2.85 bits per heavy atom. The topological polar surface area (TPSA) is 53.4 Å². The number of piperidine rings is 1. The summed E-state index contributed by atoms with van der Waals surface area (Å²) < 4.78 is 0. The van der Waals surface area contributed by atoms with Crippen molar-refractivity contribution in [1.29, 1.82) is 0 Å². The van der Waals surface area contributed by atoms with Crippen molar-refractivity contribution in [3.8, 4) is 10.6 Å². The third-order valence-corrected chi connectivity index (χ3v) is 6.48. The van der Waals surface area contributed by atoms with E-state index < -0.39 is 0 Å². The number of thiazole rings is 1. The molecular formula is C21H23N5S. The van der Waals surface area contributed by atoms with E-state index in [0.29, 0.717) is 5.92 Å². The van der Waals surface area contributed by atoms with Crippen LogP contribution in [0.2, 0.25) is 0 Å². The maximum absolute atomic E-state index is 4.80. The van der Waals surface area contributed by atoms with Gasteiger partial charge in [0.05, 0.1) is 4.88 Å². The molecule has 5 nitrogen and oxygen atoms in total. The molecule has 27 heavy (non-hydrogen) atoms. The van der Waals surface area contributed by atoms with Gasteiger partial charge in [-0.2, -0.15) is 0 Å². The first kappa shape index (κ1) is 16.7. The predicted molar refractivity (Wildman–Crippen MR) is 114 cm³/mol. The monoisotopic (exact) mass is 377 g/mol. The first-order chi connectivity index (χ1) is 13.4. The van der Waals surface area contributed by atoms with Gasteiger partial charge in [-0.3, -0.25) is 4.99 Å². The Balaban J connectivity index is 1.36. The number of nitrogens with one attached hydrogen (secondary N) is 1. The van der Waals surface area contributed by atoms with E-state index >= 15 is 0 Å². The van der Waals surface area contributed by atoms with E-state index in [1.165, 1.54) is 29.7 Å². The summed E-state index contributed by atoms with van der Waals surface area (Å²) in [4.78, 5) is 17.4. The molecule has 1 unspecified atom stereocenters. The first-order valence-electron chi connectivity index (χ1n) is 9.72. The number of aliphatic imine (C=N–C) groups is 1. The van der Waals surface area contributed by atoms with Crippen molar-refractivity contribution >= 4 is 35.3 Å². The Bertz CT molecular complexity index is 903. The fourth-order valence-electron chi connectivity index (χ4n) is 3.88. The highest BCUT2D eigenvalue weighted by molar-refractivity contribution is 7.16. The van der Waals surface area contributed by atoms with E-state index in [-0.39, 0.29) is 0 Å². The summed E-state index contributed by atoms with van der Waals surface area (Å²) in [6, 6.07) is 4.30. The number of anilines is 2. The van der Waals surface area contributed by atoms with Crippen LogP contribution in [0.5, 0.6) is 0 Å². The van der Waals surface area contributed by atoms with Gasteiger partial charge in [0.15, 0.2) is 0 Å². The summed E-state index contributed by atoms with van der Waals surface area (Å²) in [5.41, 5.74) is 2.47. The van der Waals surface area contributed by atoms with Crippen LogP contribution in [0.1, 0.15) is 30.6 Å². The van der Waals surface area contributed by atoms with Crippen molar-refractivity contribution in [1.82, 2.24) is 9.97 Å². The molecule has 1 atom stereocenters. The standard InChI is InChI=1S/C21H23N5S/c1-2-9-26(10-3-1)19-7-6-16(13-23-19)21-25-20-18(27-21)11-17(14-24-20)15-5-4-8-22-12-15/h4,6-8,11-13,15,24H,1-3,5,9-10,14H2. The lowest BCUT2D eigenvalue weighted by molar-refractivity contribution is 0.573. The van der Waals surface area contributed by atoms with Crippen LogP contribution in [0.25, 0.3) is 16.6 Å². The summed E-state index contributed by atoms with van der Waals surface area (Å²) in [5, 5.41) is 4.51. The Labute approximate surface area is 163 Å². The average Bonchev–Trinajstić information content (AvgIpc) is 3.18. The smallest absolute Gasteiger partial charge is 0.145 e. The fourth-order valence-corrected chi connectivity index (χ4v) is 4.88. The Hall–Kier alpha value is -2.47. The normalized spacial score (nSPS) is 21.6. The van der Waals surface area contributed by atoms with Gasteiger partial charge in [-0.05, 0) is 49.5 Å². The van der Waals surface area contributed by atoms with E-state index in [1.807, 2.05) is 18.6 Å². The van der Waals surface area contributed by atoms with Crippen molar-refractivity contribution in [3.63, 3.8) is 0 Å². The number of rotatable bonds is 3. The highest BCUT2D eigenvalue weighted by Gasteiger charge is 2.21. The van der Waals surface area contributed by atoms with Gasteiger partial charge < -0.3 is 10.2 Å². The van der Waals surface area contributed by atoms with Gasteiger partial charge >= 0.3 is 0 Å². The van der Waals surface area contributed by atoms with E-state index in [4.69, 9.17) is 9.97 Å². The van der Waals surface area contributed by atoms with E-state index in [1.54, 1.807) is 11.3 Å². The van der Waals surface area contributed by atoms with Crippen LogP contribution in [0.15, 0.2) is 41.2 Å². The van der Waals surface area contributed by atoms with E-state index in [2.05, 4.69) is 39.5 Å². The maximum atomic E-state index is 4.80. The Morgan fingerprint density at radius 1 is 1.15 bits per heavy atom. The van der Waals surface area contributed by atoms with E-state index in [0.717, 1.165) is 48.3 Å². The zero-order valence-corrected chi connectivity index (χ0v) is 16.1. The van der Waals surface area contributed by atoms with Gasteiger partial charge in [0.1, 0.15) is 16.6 Å². The summed E-state index contributed by atoms with van der Waals surface area (Å²) in [5.74, 6) is 2.47. The van der Waals surface area contributed by atoms with Crippen molar-refractivity contribution < 1.29 is 0 Å². The number of hydrogen-bond donors (Lipinski definition) is 1. The molecule has 5 rings (SSSR count). The lowest BCUT2D eigenvalue weighted by Crippen LogP contribution is -2.29. The Morgan fingerprint density at radius 2 is 2.07 bits per heavy atom. The molecule has 0 radical (unpaired) electrons. The molecule has 3 aliphatic rings. The summed E-state index contributed by atoms with van der Waals surface area (Å²) in [7, 11) is 0. The lowest BCUT2D eigenvalue weighted by Gasteiger charge is -2.27. The van der Waals surface area contributed by atoms with Crippen LogP contribution in [0.3, 0.4) is 0 Å². The molecule has 6 heteroatoms. The average molecular weight is 378 g/mol. The number of hydrogen-bond acceptors (Lipinski definition) is 6. The molecule has 5 heterocycles. The van der Waals surface area contributed by atoms with Crippen LogP contribution in [0.4, 0.5) is 11.6 Å². The first-order valence-corrected chi connectivity index (χ1v) is 10.5. The summed E-state index contributed by atoms with van der Waals surface area (Å²) in [6.45, 7) is 3.08. The zero-order valence-electron chi connectivity index (χ0n) is 15.3. The van der Waals surface area contributed by atoms with Crippen molar-refractivity contribution in [3.05, 3.63) is 41.1 Å². The van der Waals surface area contributed by atoms with Gasteiger partial charge in [0.2, 0.25) is 0 Å². The Kier molecular flexibility index (Phi) is 4.49. The maximum Gasteiger partial charge on any atom is 0.145 e. The van der Waals surface area contributed by atoms with Gasteiger partial charge in [0, 0.05) is 49.7 Å². The molecule has 2 aromatic rings. The highest BCUT2D eigenvalue weighted by Crippen LogP contribution is 2.36. The minimum atomic E-state index is 0.395. The van der Waals surface area contributed by atoms with Gasteiger partial charge in [0.25, 0.3) is 0 Å². The van der Waals surface area contributed by atoms with E-state index in [9.17, 15) is 0 Å².